The molecule has 9 nitrogen and oxygen atoms in total. The molecule has 0 heterocycles. The lowest BCUT2D eigenvalue weighted by atomic mass is 10.1. The Hall–Kier alpha value is -3.76. The van der Waals surface area contributed by atoms with Gasteiger partial charge in [0.15, 0.2) is 11.5 Å². The number of anilines is 1. The Morgan fingerprint density at radius 3 is 2.22 bits per heavy atom. The predicted molar refractivity (Wildman–Crippen MR) is 160 cm³/mol. The van der Waals surface area contributed by atoms with Crippen molar-refractivity contribution >= 4 is 39.1 Å². The number of amides is 2. The van der Waals surface area contributed by atoms with Gasteiger partial charge < -0.3 is 19.7 Å². The van der Waals surface area contributed by atoms with Crippen LogP contribution in [0.25, 0.3) is 0 Å². The number of ether oxygens (including phenoxy) is 2. The van der Waals surface area contributed by atoms with Gasteiger partial charge in [0.1, 0.15) is 12.6 Å². The van der Waals surface area contributed by atoms with Gasteiger partial charge in [0, 0.05) is 24.2 Å². The Balaban J connectivity index is 2.00. The molecule has 0 aliphatic carbocycles. The first-order valence-corrected chi connectivity index (χ1v) is 15.1. The fourth-order valence-corrected chi connectivity index (χ4v) is 5.76. The normalized spacial score (nSPS) is 11.8. The quantitative estimate of drug-likeness (QED) is 0.291. The minimum Gasteiger partial charge on any atom is -0.493 e. The topological polar surface area (TPSA) is 105 Å². The third-order valence-corrected chi connectivity index (χ3v) is 8.56. The van der Waals surface area contributed by atoms with Gasteiger partial charge in [-0.1, -0.05) is 48.9 Å². The van der Waals surface area contributed by atoms with Crippen molar-refractivity contribution in [3.63, 3.8) is 0 Å². The maximum atomic E-state index is 14.0. The maximum absolute atomic E-state index is 14.0. The van der Waals surface area contributed by atoms with E-state index < -0.39 is 28.5 Å². The highest BCUT2D eigenvalue weighted by molar-refractivity contribution is 7.92. The molecular formula is C30H36ClN3O6S. The second-order valence-electron chi connectivity index (χ2n) is 9.29. The van der Waals surface area contributed by atoms with E-state index in [1.165, 1.54) is 49.5 Å². The summed E-state index contributed by atoms with van der Waals surface area (Å²) in [5.74, 6) is -0.255. The van der Waals surface area contributed by atoms with E-state index in [0.717, 1.165) is 16.3 Å². The fourth-order valence-electron chi connectivity index (χ4n) is 4.21. The van der Waals surface area contributed by atoms with Gasteiger partial charge in [0.25, 0.3) is 10.0 Å². The van der Waals surface area contributed by atoms with Gasteiger partial charge in [-0.05, 0) is 61.7 Å². The minimum absolute atomic E-state index is 0.0949. The maximum Gasteiger partial charge on any atom is 0.264 e. The number of hydrogen-bond acceptors (Lipinski definition) is 6. The highest BCUT2D eigenvalue weighted by atomic mass is 35.5. The Morgan fingerprint density at radius 2 is 1.61 bits per heavy atom. The van der Waals surface area contributed by atoms with Crippen molar-refractivity contribution in [3.8, 4) is 11.5 Å². The summed E-state index contributed by atoms with van der Waals surface area (Å²) >= 11 is 6.08. The second-order valence-corrected chi connectivity index (χ2v) is 11.6. The van der Waals surface area contributed by atoms with Crippen LogP contribution in [0.3, 0.4) is 0 Å². The molecule has 1 atom stereocenters. The number of halogens is 1. The molecule has 0 saturated carbocycles. The van der Waals surface area contributed by atoms with E-state index >= 15 is 0 Å². The Morgan fingerprint density at radius 1 is 0.951 bits per heavy atom. The van der Waals surface area contributed by atoms with Gasteiger partial charge in [0.2, 0.25) is 11.8 Å². The molecule has 0 unspecified atom stereocenters. The summed E-state index contributed by atoms with van der Waals surface area (Å²) in [6.45, 7) is 3.72. The Bertz CT molecular complexity index is 1420. The van der Waals surface area contributed by atoms with Crippen LogP contribution in [0.4, 0.5) is 5.69 Å². The van der Waals surface area contributed by atoms with E-state index in [1.54, 1.807) is 19.1 Å². The number of rotatable bonds is 14. The lowest BCUT2D eigenvalue weighted by molar-refractivity contribution is -0.138. The summed E-state index contributed by atoms with van der Waals surface area (Å²) in [7, 11) is -1.42. The van der Waals surface area contributed by atoms with Gasteiger partial charge >= 0.3 is 0 Å². The van der Waals surface area contributed by atoms with Gasteiger partial charge in [-0.3, -0.25) is 13.9 Å². The van der Waals surface area contributed by atoms with E-state index in [2.05, 4.69) is 5.32 Å². The summed E-state index contributed by atoms with van der Waals surface area (Å²) in [4.78, 5) is 28.2. The van der Waals surface area contributed by atoms with Crippen LogP contribution in [-0.4, -0.2) is 65.0 Å². The number of nitrogens with one attached hydrogen (secondary N) is 1. The van der Waals surface area contributed by atoms with Crippen molar-refractivity contribution in [2.75, 3.05) is 38.2 Å². The number of hydrogen-bond donors (Lipinski definition) is 1. The van der Waals surface area contributed by atoms with Crippen molar-refractivity contribution in [1.29, 1.82) is 0 Å². The van der Waals surface area contributed by atoms with Gasteiger partial charge in [-0.15, -0.1) is 0 Å². The average Bonchev–Trinajstić information content (AvgIpc) is 2.99. The van der Waals surface area contributed by atoms with Crippen LogP contribution in [-0.2, 0) is 26.0 Å². The molecule has 3 rings (SSSR count). The molecule has 11 heteroatoms. The monoisotopic (exact) mass is 601 g/mol. The van der Waals surface area contributed by atoms with Gasteiger partial charge in [-0.25, -0.2) is 8.42 Å². The molecule has 0 fully saturated rings. The first-order valence-electron chi connectivity index (χ1n) is 13.2. The van der Waals surface area contributed by atoms with Gasteiger partial charge in [0.05, 0.1) is 24.8 Å². The third-order valence-electron chi connectivity index (χ3n) is 6.54. The number of sulfonamides is 1. The zero-order chi connectivity index (χ0) is 30.0. The number of benzene rings is 3. The fraction of sp³-hybridized carbons (Fsp3) is 0.333. The molecular weight excluding hydrogens is 566 g/mol. The summed E-state index contributed by atoms with van der Waals surface area (Å²) in [5, 5.41) is 3.24. The number of carbonyl (C=O) groups excluding carboxylic acids is 2. The SMILES string of the molecule is CCCNC(=O)[C@@H](C)N(CCc1ccccc1)C(=O)CN(c1ccc(Cl)cc1)S(=O)(=O)c1ccc(OC)c(OC)c1. The smallest absolute Gasteiger partial charge is 0.264 e. The van der Waals surface area contributed by atoms with Crippen LogP contribution in [0.2, 0.25) is 5.02 Å². The Kier molecular flexibility index (Phi) is 11.4. The van der Waals surface area contributed by atoms with E-state index in [9.17, 15) is 18.0 Å². The zero-order valence-corrected chi connectivity index (χ0v) is 25.2. The zero-order valence-electron chi connectivity index (χ0n) is 23.7. The van der Waals surface area contributed by atoms with Crippen LogP contribution in [0, 0.1) is 0 Å². The standard InChI is InChI=1S/C30H36ClN3O6S/c1-5-18-32-30(36)22(2)33(19-17-23-9-7-6-8-10-23)29(35)21-34(25-13-11-24(31)12-14-25)41(37,38)26-15-16-27(39-3)28(20-26)40-4/h6-16,20,22H,5,17-19,21H2,1-4H3,(H,32,36)/t22-/m1/s1. The molecule has 41 heavy (non-hydrogen) atoms. The molecule has 0 aromatic heterocycles. The molecule has 0 aliphatic rings. The van der Waals surface area contributed by atoms with Crippen LogP contribution in [0.15, 0.2) is 77.7 Å². The predicted octanol–water partition coefficient (Wildman–Crippen LogP) is 4.54. The van der Waals surface area contributed by atoms with E-state index in [-0.39, 0.29) is 28.8 Å². The van der Waals surface area contributed by atoms with E-state index in [4.69, 9.17) is 21.1 Å². The van der Waals surface area contributed by atoms with Crippen LogP contribution < -0.4 is 19.1 Å². The molecule has 0 bridgehead atoms. The summed E-state index contributed by atoms with van der Waals surface area (Å²) < 4.78 is 39.6. The van der Waals surface area contributed by atoms with Crippen LogP contribution in [0.1, 0.15) is 25.8 Å². The van der Waals surface area contributed by atoms with Crippen LogP contribution in [0.5, 0.6) is 11.5 Å². The lowest BCUT2D eigenvalue weighted by Gasteiger charge is -2.32. The third kappa shape index (κ3) is 8.14. The molecule has 3 aromatic carbocycles. The molecule has 0 saturated heterocycles. The number of methoxy groups -OCH3 is 2. The lowest BCUT2D eigenvalue weighted by Crippen LogP contribution is -2.52. The molecule has 220 valence electrons. The summed E-state index contributed by atoms with van der Waals surface area (Å²) in [6, 6.07) is 19.1. The van der Waals surface area contributed by atoms with Gasteiger partial charge in [-0.2, -0.15) is 0 Å². The largest absolute Gasteiger partial charge is 0.493 e. The summed E-state index contributed by atoms with van der Waals surface area (Å²) in [6.07, 6.45) is 1.23. The van der Waals surface area contributed by atoms with Crippen LogP contribution >= 0.6 is 11.6 Å². The molecule has 0 radical (unpaired) electrons. The minimum atomic E-state index is -4.27. The average molecular weight is 602 g/mol. The highest BCUT2D eigenvalue weighted by Gasteiger charge is 2.32. The second kappa shape index (κ2) is 14.7. The molecule has 0 aliphatic heterocycles. The highest BCUT2D eigenvalue weighted by Crippen LogP contribution is 2.32. The van der Waals surface area contributed by atoms with Crippen molar-refractivity contribution in [2.24, 2.45) is 0 Å². The molecule has 3 aromatic rings. The molecule has 1 N–H and O–H groups in total. The van der Waals surface area contributed by atoms with Crippen molar-refractivity contribution < 1.29 is 27.5 Å². The van der Waals surface area contributed by atoms with Crippen molar-refractivity contribution in [2.45, 2.75) is 37.6 Å². The Labute approximate surface area is 247 Å². The number of carbonyl (C=O) groups is 2. The van der Waals surface area contributed by atoms with Crippen molar-refractivity contribution in [1.82, 2.24) is 10.2 Å². The number of nitrogens with zero attached hydrogens (tertiary/aromatic N) is 2. The van der Waals surface area contributed by atoms with E-state index in [0.29, 0.717) is 23.7 Å². The van der Waals surface area contributed by atoms with E-state index in [1.807, 2.05) is 37.3 Å². The molecule has 0 spiro atoms. The summed E-state index contributed by atoms with van der Waals surface area (Å²) in [5.41, 5.74) is 1.22. The van der Waals surface area contributed by atoms with Crippen molar-refractivity contribution in [3.05, 3.63) is 83.4 Å². The molecule has 2 amide bonds. The first kappa shape index (κ1) is 31.8. The first-order chi connectivity index (χ1) is 19.6.